The Morgan fingerprint density at radius 2 is 1.83 bits per heavy atom. The Kier molecular flexibility index (Phi) is 5.13. The van der Waals surface area contributed by atoms with Gasteiger partial charge in [-0.2, -0.15) is 13.2 Å². The van der Waals surface area contributed by atoms with Crippen LogP contribution in [0.25, 0.3) is 11.0 Å². The predicted octanol–water partition coefficient (Wildman–Crippen LogP) is 3.31. The molecule has 9 heteroatoms. The number of likely N-dealkylation sites (tertiary alicyclic amines) is 1. The molecule has 1 aliphatic heterocycles. The molecule has 4 rings (SSSR count). The third-order valence-corrected chi connectivity index (χ3v) is 5.60. The molecule has 1 aliphatic rings. The first-order valence-electron chi connectivity index (χ1n) is 9.73. The quantitative estimate of drug-likeness (QED) is 0.656. The molecule has 0 atom stereocenters. The van der Waals surface area contributed by atoms with Crippen LogP contribution in [0.3, 0.4) is 0 Å². The highest BCUT2D eigenvalue weighted by Crippen LogP contribution is 2.33. The van der Waals surface area contributed by atoms with Crippen molar-refractivity contribution in [1.29, 1.82) is 0 Å². The van der Waals surface area contributed by atoms with E-state index in [1.807, 2.05) is 0 Å². The van der Waals surface area contributed by atoms with Gasteiger partial charge in [0.25, 0.3) is 11.5 Å². The highest BCUT2D eigenvalue weighted by molar-refractivity contribution is 5.93. The lowest BCUT2D eigenvalue weighted by Gasteiger charge is -2.32. The number of alkyl halides is 3. The van der Waals surface area contributed by atoms with Crippen molar-refractivity contribution in [3.05, 3.63) is 64.3 Å². The summed E-state index contributed by atoms with van der Waals surface area (Å²) >= 11 is 0. The van der Waals surface area contributed by atoms with Crippen LogP contribution in [-0.4, -0.2) is 38.0 Å². The summed E-state index contributed by atoms with van der Waals surface area (Å²) in [5.41, 5.74) is 0.524. The van der Waals surface area contributed by atoms with Gasteiger partial charge in [0.2, 0.25) is 5.82 Å². The Labute approximate surface area is 170 Å². The fourth-order valence-corrected chi connectivity index (χ4v) is 3.98. The first-order valence-corrected chi connectivity index (χ1v) is 9.73. The van der Waals surface area contributed by atoms with Crippen molar-refractivity contribution in [3.8, 4) is 0 Å². The van der Waals surface area contributed by atoms with Crippen LogP contribution in [0.15, 0.2) is 47.4 Å². The molecule has 2 aromatic heterocycles. The van der Waals surface area contributed by atoms with E-state index in [0.717, 1.165) is 0 Å². The van der Waals surface area contributed by atoms with Crippen LogP contribution >= 0.6 is 0 Å². The molecule has 1 aromatic carbocycles. The van der Waals surface area contributed by atoms with E-state index < -0.39 is 12.0 Å². The van der Waals surface area contributed by atoms with Gasteiger partial charge in [-0.25, -0.2) is 4.98 Å². The monoisotopic (exact) mass is 418 g/mol. The molecule has 0 N–H and O–H groups in total. The molecule has 0 radical (unpaired) electrons. The maximum absolute atomic E-state index is 13.5. The van der Waals surface area contributed by atoms with Gasteiger partial charge in [0.15, 0.2) is 0 Å². The highest BCUT2D eigenvalue weighted by atomic mass is 19.4. The molecule has 0 saturated carbocycles. The molecule has 6 nitrogen and oxygen atoms in total. The molecule has 158 valence electrons. The lowest BCUT2D eigenvalue weighted by atomic mass is 9.96. The third kappa shape index (κ3) is 3.71. The molecule has 3 aromatic rings. The van der Waals surface area contributed by atoms with Crippen molar-refractivity contribution in [2.45, 2.75) is 25.6 Å². The molecular formula is C21H21F3N4O2. The molecule has 0 spiro atoms. The summed E-state index contributed by atoms with van der Waals surface area (Å²) < 4.78 is 43.1. The number of rotatable bonds is 3. The number of pyridine rings is 1. The lowest BCUT2D eigenvalue weighted by Crippen LogP contribution is -2.42. The number of carbonyl (C=O) groups is 1. The second-order valence-electron chi connectivity index (χ2n) is 7.61. The van der Waals surface area contributed by atoms with Crippen molar-refractivity contribution in [3.63, 3.8) is 0 Å². The van der Waals surface area contributed by atoms with Gasteiger partial charge in [-0.3, -0.25) is 9.59 Å². The number of aryl methyl sites for hydroxylation is 1. The van der Waals surface area contributed by atoms with Crippen LogP contribution in [0.4, 0.5) is 13.2 Å². The predicted molar refractivity (Wildman–Crippen MR) is 105 cm³/mol. The number of para-hydroxylation sites is 2. The zero-order chi connectivity index (χ0) is 21.5. The van der Waals surface area contributed by atoms with Crippen LogP contribution in [0, 0.1) is 5.92 Å². The standard InChI is InChI=1S/C21H21F3N4O2/c1-26-10-4-5-15(18(26)29)19(30)27-11-8-14(9-12-27)13-28-17-7-3-2-6-16(17)25-20(28)21(22,23)24/h2-7,10,14H,8-9,11-13H2,1H3. The summed E-state index contributed by atoms with van der Waals surface area (Å²) in [4.78, 5) is 30.3. The first-order chi connectivity index (χ1) is 14.3. The number of fused-ring (bicyclic) bond motifs is 1. The van der Waals surface area contributed by atoms with Crippen molar-refractivity contribution >= 4 is 16.9 Å². The minimum atomic E-state index is -4.54. The molecule has 0 bridgehead atoms. The zero-order valence-electron chi connectivity index (χ0n) is 16.4. The number of imidazole rings is 1. The zero-order valence-corrected chi connectivity index (χ0v) is 16.4. The number of carbonyl (C=O) groups excluding carboxylic acids is 1. The summed E-state index contributed by atoms with van der Waals surface area (Å²) in [6.07, 6.45) is -1.84. The summed E-state index contributed by atoms with van der Waals surface area (Å²) in [6, 6.07) is 9.72. The molecule has 0 aliphatic carbocycles. The Balaban J connectivity index is 1.50. The number of piperidine rings is 1. The molecule has 1 fully saturated rings. The van der Waals surface area contributed by atoms with Crippen LogP contribution < -0.4 is 5.56 Å². The molecule has 1 saturated heterocycles. The van der Waals surface area contributed by atoms with E-state index in [-0.39, 0.29) is 29.5 Å². The van der Waals surface area contributed by atoms with Gasteiger partial charge in [-0.05, 0) is 43.0 Å². The van der Waals surface area contributed by atoms with Crippen LogP contribution in [-0.2, 0) is 19.8 Å². The fourth-order valence-electron chi connectivity index (χ4n) is 3.98. The van der Waals surface area contributed by atoms with E-state index in [1.165, 1.54) is 15.2 Å². The Morgan fingerprint density at radius 1 is 1.13 bits per heavy atom. The van der Waals surface area contributed by atoms with E-state index in [0.29, 0.717) is 37.0 Å². The van der Waals surface area contributed by atoms with Crippen molar-refractivity contribution in [2.75, 3.05) is 13.1 Å². The average Bonchev–Trinajstić information content (AvgIpc) is 3.09. The van der Waals surface area contributed by atoms with E-state index >= 15 is 0 Å². The Bertz CT molecular complexity index is 1140. The minimum absolute atomic E-state index is 0.0219. The number of hydrogen-bond donors (Lipinski definition) is 0. The molecule has 0 unspecified atom stereocenters. The molecule has 1 amide bonds. The van der Waals surface area contributed by atoms with Crippen LogP contribution in [0.5, 0.6) is 0 Å². The number of benzene rings is 1. The van der Waals surface area contributed by atoms with Gasteiger partial charge in [0.1, 0.15) is 5.56 Å². The summed E-state index contributed by atoms with van der Waals surface area (Å²) in [7, 11) is 1.58. The maximum atomic E-state index is 13.5. The number of nitrogens with zero attached hydrogens (tertiary/aromatic N) is 4. The van der Waals surface area contributed by atoms with E-state index in [9.17, 15) is 22.8 Å². The topological polar surface area (TPSA) is 60.1 Å². The Morgan fingerprint density at radius 3 is 2.53 bits per heavy atom. The van der Waals surface area contributed by atoms with Crippen molar-refractivity contribution in [1.82, 2.24) is 19.0 Å². The largest absolute Gasteiger partial charge is 0.449 e. The van der Waals surface area contributed by atoms with Crippen molar-refractivity contribution < 1.29 is 18.0 Å². The lowest BCUT2D eigenvalue weighted by molar-refractivity contribution is -0.147. The average molecular weight is 418 g/mol. The van der Waals surface area contributed by atoms with E-state index in [1.54, 1.807) is 48.5 Å². The first kappa shape index (κ1) is 20.2. The molecule has 30 heavy (non-hydrogen) atoms. The fraction of sp³-hybridized carbons (Fsp3) is 0.381. The Hall–Kier alpha value is -3.10. The van der Waals surface area contributed by atoms with Crippen LogP contribution in [0.2, 0.25) is 0 Å². The molecular weight excluding hydrogens is 397 g/mol. The van der Waals surface area contributed by atoms with Gasteiger partial charge >= 0.3 is 6.18 Å². The smallest absolute Gasteiger partial charge is 0.338 e. The third-order valence-electron chi connectivity index (χ3n) is 5.60. The number of amides is 1. The second kappa shape index (κ2) is 7.62. The normalized spacial score (nSPS) is 15.7. The van der Waals surface area contributed by atoms with Gasteiger partial charge in [0.05, 0.1) is 11.0 Å². The second-order valence-corrected chi connectivity index (χ2v) is 7.61. The van der Waals surface area contributed by atoms with Gasteiger partial charge in [0, 0.05) is 32.9 Å². The van der Waals surface area contributed by atoms with E-state index in [4.69, 9.17) is 0 Å². The minimum Gasteiger partial charge on any atom is -0.338 e. The highest BCUT2D eigenvalue weighted by Gasteiger charge is 2.38. The maximum Gasteiger partial charge on any atom is 0.449 e. The summed E-state index contributed by atoms with van der Waals surface area (Å²) in [5, 5.41) is 0. The molecule has 3 heterocycles. The summed E-state index contributed by atoms with van der Waals surface area (Å²) in [5.74, 6) is -1.25. The van der Waals surface area contributed by atoms with Gasteiger partial charge in [-0.1, -0.05) is 12.1 Å². The van der Waals surface area contributed by atoms with Crippen molar-refractivity contribution in [2.24, 2.45) is 13.0 Å². The number of aromatic nitrogens is 3. The van der Waals surface area contributed by atoms with Crippen LogP contribution in [0.1, 0.15) is 29.0 Å². The van der Waals surface area contributed by atoms with Gasteiger partial charge in [-0.15, -0.1) is 0 Å². The van der Waals surface area contributed by atoms with E-state index in [2.05, 4.69) is 4.98 Å². The number of halogens is 3. The summed E-state index contributed by atoms with van der Waals surface area (Å²) in [6.45, 7) is 0.982. The number of hydrogen-bond acceptors (Lipinski definition) is 3. The van der Waals surface area contributed by atoms with Gasteiger partial charge < -0.3 is 14.0 Å². The SMILES string of the molecule is Cn1cccc(C(=O)N2CCC(Cn3c(C(F)(F)F)nc4ccccc43)CC2)c1=O.